The lowest BCUT2D eigenvalue weighted by molar-refractivity contribution is -0.143. The second-order valence-electron chi connectivity index (χ2n) is 3.45. The number of carboxylic acid groups (broad SMARTS) is 1. The zero-order valence-corrected chi connectivity index (χ0v) is 7.77. The fourth-order valence-corrected chi connectivity index (χ4v) is 1.11. The molecule has 0 saturated heterocycles. The highest BCUT2D eigenvalue weighted by Gasteiger charge is 2.33. The molecule has 6 heteroatoms. The van der Waals surface area contributed by atoms with Crippen LogP contribution in [-0.4, -0.2) is 23.2 Å². The van der Waals surface area contributed by atoms with Gasteiger partial charge in [-0.3, -0.25) is 4.79 Å². The SMILES string of the molecule is CC(C)C[C@](N)(CN=[N+]=[N-])C(=O)O. The summed E-state index contributed by atoms with van der Waals surface area (Å²) in [5.41, 5.74) is 12.2. The maximum Gasteiger partial charge on any atom is 0.323 e. The summed E-state index contributed by atoms with van der Waals surface area (Å²) in [6.07, 6.45) is 0.293. The number of hydrogen-bond acceptors (Lipinski definition) is 3. The molecule has 0 amide bonds. The van der Waals surface area contributed by atoms with E-state index in [2.05, 4.69) is 10.0 Å². The van der Waals surface area contributed by atoms with Crippen molar-refractivity contribution in [2.24, 2.45) is 16.8 Å². The fourth-order valence-electron chi connectivity index (χ4n) is 1.11. The van der Waals surface area contributed by atoms with E-state index in [9.17, 15) is 4.79 Å². The van der Waals surface area contributed by atoms with Crippen molar-refractivity contribution >= 4 is 5.97 Å². The minimum absolute atomic E-state index is 0.148. The summed E-state index contributed by atoms with van der Waals surface area (Å²) in [6, 6.07) is 0. The van der Waals surface area contributed by atoms with E-state index >= 15 is 0 Å². The van der Waals surface area contributed by atoms with Crippen LogP contribution in [-0.2, 0) is 4.79 Å². The molecular weight excluding hydrogens is 172 g/mol. The van der Waals surface area contributed by atoms with Gasteiger partial charge in [-0.25, -0.2) is 0 Å². The van der Waals surface area contributed by atoms with Crippen LogP contribution in [0.3, 0.4) is 0 Å². The van der Waals surface area contributed by atoms with Gasteiger partial charge in [-0.15, -0.1) is 0 Å². The number of carboxylic acids is 1. The van der Waals surface area contributed by atoms with Crippen molar-refractivity contribution in [3.63, 3.8) is 0 Å². The second kappa shape index (κ2) is 4.69. The standard InChI is InChI=1S/C7H14N4O2/c1-5(2)3-7(8,6(12)13)4-10-11-9/h5H,3-4,8H2,1-2H3,(H,12,13)/t7-/m0/s1. The summed E-state index contributed by atoms with van der Waals surface area (Å²) in [5.74, 6) is -0.983. The third kappa shape index (κ3) is 3.78. The van der Waals surface area contributed by atoms with Crippen LogP contribution in [0.25, 0.3) is 10.4 Å². The van der Waals surface area contributed by atoms with Crippen molar-refractivity contribution in [3.05, 3.63) is 10.4 Å². The van der Waals surface area contributed by atoms with E-state index in [-0.39, 0.29) is 12.5 Å². The average molecular weight is 186 g/mol. The molecule has 0 saturated carbocycles. The molecule has 1 atom stereocenters. The molecule has 0 aromatic carbocycles. The molecule has 0 aliphatic rings. The van der Waals surface area contributed by atoms with Crippen LogP contribution >= 0.6 is 0 Å². The molecule has 0 rings (SSSR count). The molecule has 0 aromatic rings. The van der Waals surface area contributed by atoms with Crippen LogP contribution in [0, 0.1) is 5.92 Å². The minimum atomic E-state index is -1.43. The normalized spacial score (nSPS) is 14.8. The van der Waals surface area contributed by atoms with Crippen molar-refractivity contribution in [1.82, 2.24) is 0 Å². The molecule has 0 aliphatic carbocycles. The molecule has 0 spiro atoms. The second-order valence-corrected chi connectivity index (χ2v) is 3.45. The Labute approximate surface area is 76.4 Å². The van der Waals surface area contributed by atoms with Crippen molar-refractivity contribution in [2.45, 2.75) is 25.8 Å². The molecule has 0 fully saturated rings. The number of nitrogens with two attached hydrogens (primary N) is 1. The lowest BCUT2D eigenvalue weighted by Crippen LogP contribution is -2.51. The zero-order valence-electron chi connectivity index (χ0n) is 7.77. The quantitative estimate of drug-likeness (QED) is 0.381. The lowest BCUT2D eigenvalue weighted by Gasteiger charge is -2.24. The largest absolute Gasteiger partial charge is 0.480 e. The van der Waals surface area contributed by atoms with Crippen molar-refractivity contribution in [2.75, 3.05) is 6.54 Å². The number of carbonyl (C=O) groups is 1. The summed E-state index contributed by atoms with van der Waals surface area (Å²) in [5, 5.41) is 12.0. The Kier molecular flexibility index (Phi) is 4.23. The smallest absolute Gasteiger partial charge is 0.323 e. The highest BCUT2D eigenvalue weighted by molar-refractivity contribution is 5.78. The monoisotopic (exact) mass is 186 g/mol. The van der Waals surface area contributed by atoms with E-state index < -0.39 is 11.5 Å². The number of rotatable bonds is 5. The number of azide groups is 1. The Hall–Kier alpha value is -1.26. The van der Waals surface area contributed by atoms with Gasteiger partial charge in [-0.2, -0.15) is 0 Å². The highest BCUT2D eigenvalue weighted by atomic mass is 16.4. The van der Waals surface area contributed by atoms with Gasteiger partial charge in [0.15, 0.2) is 0 Å². The van der Waals surface area contributed by atoms with E-state index in [0.29, 0.717) is 6.42 Å². The molecule has 0 unspecified atom stereocenters. The van der Waals surface area contributed by atoms with E-state index in [0.717, 1.165) is 0 Å². The topological polar surface area (TPSA) is 112 Å². The van der Waals surface area contributed by atoms with Gasteiger partial charge in [0, 0.05) is 4.91 Å². The van der Waals surface area contributed by atoms with Crippen LogP contribution < -0.4 is 5.73 Å². The molecule has 74 valence electrons. The third-order valence-corrected chi connectivity index (χ3v) is 1.61. The van der Waals surface area contributed by atoms with Gasteiger partial charge in [-0.1, -0.05) is 19.0 Å². The third-order valence-electron chi connectivity index (χ3n) is 1.61. The first-order valence-corrected chi connectivity index (χ1v) is 3.95. The predicted molar refractivity (Wildman–Crippen MR) is 48.0 cm³/mol. The van der Waals surface area contributed by atoms with Crippen molar-refractivity contribution in [3.8, 4) is 0 Å². The Bertz CT molecular complexity index is 235. The van der Waals surface area contributed by atoms with Gasteiger partial charge in [0.05, 0.1) is 6.54 Å². The lowest BCUT2D eigenvalue weighted by atomic mass is 9.90. The highest BCUT2D eigenvalue weighted by Crippen LogP contribution is 2.15. The van der Waals surface area contributed by atoms with Gasteiger partial charge in [0.1, 0.15) is 5.54 Å². The van der Waals surface area contributed by atoms with E-state index in [4.69, 9.17) is 16.4 Å². The first kappa shape index (κ1) is 11.7. The Morgan fingerprint density at radius 1 is 1.77 bits per heavy atom. The number of hydrogen-bond donors (Lipinski definition) is 2. The van der Waals surface area contributed by atoms with Crippen LogP contribution in [0.2, 0.25) is 0 Å². The minimum Gasteiger partial charge on any atom is -0.480 e. The van der Waals surface area contributed by atoms with Crippen LogP contribution in [0.4, 0.5) is 0 Å². The Morgan fingerprint density at radius 3 is 2.62 bits per heavy atom. The first-order valence-electron chi connectivity index (χ1n) is 3.95. The summed E-state index contributed by atoms with van der Waals surface area (Å²) in [6.45, 7) is 3.51. The van der Waals surface area contributed by atoms with Crippen LogP contribution in [0.15, 0.2) is 5.11 Å². The molecule has 0 aliphatic heterocycles. The molecule has 3 N–H and O–H groups in total. The molecule has 13 heavy (non-hydrogen) atoms. The zero-order chi connectivity index (χ0) is 10.5. The molecule has 0 aromatic heterocycles. The van der Waals surface area contributed by atoms with Gasteiger partial charge in [-0.05, 0) is 17.9 Å². The summed E-state index contributed by atoms with van der Waals surface area (Å²) in [7, 11) is 0. The molecule has 0 bridgehead atoms. The van der Waals surface area contributed by atoms with Gasteiger partial charge in [0.2, 0.25) is 0 Å². The number of nitrogens with zero attached hydrogens (tertiary/aromatic N) is 3. The van der Waals surface area contributed by atoms with Gasteiger partial charge in [0.25, 0.3) is 0 Å². The fraction of sp³-hybridized carbons (Fsp3) is 0.857. The molecule has 0 radical (unpaired) electrons. The predicted octanol–water partition coefficient (Wildman–Crippen LogP) is 1.12. The van der Waals surface area contributed by atoms with Crippen LogP contribution in [0.1, 0.15) is 20.3 Å². The van der Waals surface area contributed by atoms with Gasteiger partial charge >= 0.3 is 5.97 Å². The Morgan fingerprint density at radius 2 is 2.31 bits per heavy atom. The van der Waals surface area contributed by atoms with Crippen molar-refractivity contribution in [1.29, 1.82) is 0 Å². The van der Waals surface area contributed by atoms with Crippen LogP contribution in [0.5, 0.6) is 0 Å². The molecular formula is C7H14N4O2. The maximum absolute atomic E-state index is 10.8. The summed E-state index contributed by atoms with van der Waals surface area (Å²) in [4.78, 5) is 13.2. The van der Waals surface area contributed by atoms with Crippen molar-refractivity contribution < 1.29 is 9.90 Å². The van der Waals surface area contributed by atoms with Gasteiger partial charge < -0.3 is 10.8 Å². The number of aliphatic carboxylic acids is 1. The van der Waals surface area contributed by atoms with E-state index in [1.165, 1.54) is 0 Å². The Balaban J connectivity index is 4.51. The summed E-state index contributed by atoms with van der Waals surface area (Å²) >= 11 is 0. The first-order chi connectivity index (χ1) is 5.92. The molecule has 0 heterocycles. The molecule has 6 nitrogen and oxygen atoms in total. The average Bonchev–Trinajstić information content (AvgIpc) is 1.99. The summed E-state index contributed by atoms with van der Waals surface area (Å²) < 4.78 is 0. The van der Waals surface area contributed by atoms with E-state index in [1.54, 1.807) is 0 Å². The maximum atomic E-state index is 10.8. The van der Waals surface area contributed by atoms with E-state index in [1.807, 2.05) is 13.8 Å².